The fourth-order valence-electron chi connectivity index (χ4n) is 4.35. The van der Waals surface area contributed by atoms with Crippen LogP contribution in [0.1, 0.15) is 0 Å². The van der Waals surface area contributed by atoms with Gasteiger partial charge in [0.25, 0.3) is 0 Å². The quantitative estimate of drug-likeness (QED) is 0.253. The second kappa shape index (κ2) is 9.80. The summed E-state index contributed by atoms with van der Waals surface area (Å²) >= 11 is 0. The maximum atomic E-state index is 6.27. The van der Waals surface area contributed by atoms with Gasteiger partial charge in [-0.05, 0) is 59.7 Å². The van der Waals surface area contributed by atoms with E-state index in [-0.39, 0.29) is 0 Å². The molecule has 0 fully saturated rings. The Morgan fingerprint density at radius 2 is 1.17 bits per heavy atom. The van der Waals surface area contributed by atoms with Crippen LogP contribution in [0.25, 0.3) is 22.4 Å². The molecule has 5 aromatic rings. The molecular weight excluding hydrogens is 442 g/mol. The molecule has 4 aromatic carbocycles. The van der Waals surface area contributed by atoms with Crippen LogP contribution in [-0.2, 0) is 0 Å². The van der Waals surface area contributed by atoms with E-state index in [2.05, 4.69) is 100.0 Å². The molecule has 6 rings (SSSR count). The van der Waals surface area contributed by atoms with Crippen LogP contribution in [0.5, 0.6) is 11.5 Å². The van der Waals surface area contributed by atoms with Crippen LogP contribution in [0.3, 0.4) is 0 Å². The predicted octanol–water partition coefficient (Wildman–Crippen LogP) is 7.96. The number of ether oxygens (including phenoxy) is 1. The molecule has 4 nitrogen and oxygen atoms in total. The average molecular weight is 468 g/mol. The summed E-state index contributed by atoms with van der Waals surface area (Å²) in [5, 5.41) is 0. The van der Waals surface area contributed by atoms with Crippen molar-refractivity contribution < 1.29 is 4.74 Å². The maximum absolute atomic E-state index is 6.27. The molecule has 0 bridgehead atoms. The van der Waals surface area contributed by atoms with E-state index in [1.807, 2.05) is 54.7 Å². The molecule has 36 heavy (non-hydrogen) atoms. The summed E-state index contributed by atoms with van der Waals surface area (Å²) in [5.41, 5.74) is 6.50. The topological polar surface area (TPSA) is 28.6 Å². The van der Waals surface area contributed by atoms with E-state index in [4.69, 9.17) is 4.74 Å². The Bertz CT molecular complexity index is 1500. The molecule has 4 heteroatoms. The normalized spacial score (nSPS) is 12.7. The van der Waals surface area contributed by atoms with Gasteiger partial charge in [-0.25, -0.2) is 0 Å². The second-order valence-corrected chi connectivity index (χ2v) is 8.64. The predicted molar refractivity (Wildman–Crippen MR) is 147 cm³/mol. The number of pyridine rings is 1. The molecule has 174 valence electrons. The highest BCUT2D eigenvalue weighted by molar-refractivity contribution is 5.71. The zero-order valence-corrected chi connectivity index (χ0v) is 19.7. The average Bonchev–Trinajstić information content (AvgIpc) is 3.45. The van der Waals surface area contributed by atoms with Gasteiger partial charge < -0.3 is 14.5 Å². The van der Waals surface area contributed by atoms with Crippen molar-refractivity contribution in [3.05, 3.63) is 140 Å². The van der Waals surface area contributed by atoms with Crippen LogP contribution in [-0.4, -0.2) is 11.7 Å². The van der Waals surface area contributed by atoms with Gasteiger partial charge in [0, 0.05) is 41.6 Å². The molecule has 0 unspecified atom stereocenters. The molecule has 0 saturated carbocycles. The van der Waals surface area contributed by atoms with Gasteiger partial charge in [-0.1, -0.05) is 66.7 Å². The van der Waals surface area contributed by atoms with E-state index in [1.165, 1.54) is 11.3 Å². The maximum Gasteiger partial charge on any atom is 0.129 e. The van der Waals surface area contributed by atoms with Crippen molar-refractivity contribution in [2.75, 3.05) is 16.5 Å². The molecular formula is C32H25N3O. The smallest absolute Gasteiger partial charge is 0.129 e. The highest BCUT2D eigenvalue weighted by Crippen LogP contribution is 2.31. The van der Waals surface area contributed by atoms with Crippen molar-refractivity contribution in [3.8, 4) is 33.9 Å². The van der Waals surface area contributed by atoms with E-state index in [0.29, 0.717) is 0 Å². The summed E-state index contributed by atoms with van der Waals surface area (Å²) in [6.45, 7) is 0.756. The van der Waals surface area contributed by atoms with Crippen LogP contribution in [0.4, 0.5) is 11.4 Å². The zero-order chi connectivity index (χ0) is 24.2. The van der Waals surface area contributed by atoms with Crippen LogP contribution in [0.2, 0.25) is 0 Å². The Kier molecular flexibility index (Phi) is 5.91. The van der Waals surface area contributed by atoms with Gasteiger partial charge in [-0.3, -0.25) is 4.98 Å². The lowest BCUT2D eigenvalue weighted by atomic mass is 10.0. The summed E-state index contributed by atoms with van der Waals surface area (Å²) in [7, 11) is 0. The Morgan fingerprint density at radius 1 is 0.528 bits per heavy atom. The zero-order valence-electron chi connectivity index (χ0n) is 19.7. The van der Waals surface area contributed by atoms with Gasteiger partial charge in [-0.2, -0.15) is 0 Å². The molecule has 0 N–H and O–H groups in total. The fraction of sp³-hybridized carbons (Fsp3) is 0.0312. The van der Waals surface area contributed by atoms with Crippen molar-refractivity contribution in [1.29, 1.82) is 0 Å². The van der Waals surface area contributed by atoms with Crippen molar-refractivity contribution in [2.45, 2.75) is 0 Å². The number of hydrogen-bond donors (Lipinski definition) is 0. The lowest BCUT2D eigenvalue weighted by molar-refractivity contribution is 0.483. The first kappa shape index (κ1) is 21.7. The molecule has 2 heterocycles. The van der Waals surface area contributed by atoms with E-state index in [9.17, 15) is 0 Å². The molecule has 0 amide bonds. The first-order chi connectivity index (χ1) is 17.8. The monoisotopic (exact) mass is 467 g/mol. The third kappa shape index (κ3) is 4.70. The Hall–Kier alpha value is -4.83. The molecule has 0 atom stereocenters. The number of nitrogens with zero attached hydrogens (tertiary/aromatic N) is 3. The Labute approximate surface area is 211 Å². The first-order valence-electron chi connectivity index (χ1n) is 12.0. The number of rotatable bonds is 6. The fourth-order valence-corrected chi connectivity index (χ4v) is 4.35. The molecule has 0 radical (unpaired) electrons. The Morgan fingerprint density at radius 3 is 1.97 bits per heavy atom. The highest BCUT2D eigenvalue weighted by atomic mass is 16.5. The summed E-state index contributed by atoms with van der Waals surface area (Å²) in [4.78, 5) is 9.03. The Balaban J connectivity index is 1.19. The summed E-state index contributed by atoms with van der Waals surface area (Å²) in [5.74, 6) is 1.57. The van der Waals surface area contributed by atoms with Gasteiger partial charge in [0.2, 0.25) is 0 Å². The molecule has 0 saturated heterocycles. The van der Waals surface area contributed by atoms with Crippen LogP contribution >= 0.6 is 0 Å². The van der Waals surface area contributed by atoms with Crippen molar-refractivity contribution in [1.82, 2.24) is 4.98 Å². The minimum Gasteiger partial charge on any atom is -0.457 e. The van der Waals surface area contributed by atoms with Crippen molar-refractivity contribution >= 4 is 11.4 Å². The number of aromatic nitrogens is 1. The van der Waals surface area contributed by atoms with E-state index >= 15 is 0 Å². The molecule has 0 spiro atoms. The third-order valence-electron chi connectivity index (χ3n) is 6.20. The summed E-state index contributed by atoms with van der Waals surface area (Å²) in [6.07, 6.45) is 6.05. The van der Waals surface area contributed by atoms with Crippen molar-refractivity contribution in [3.63, 3.8) is 0 Å². The SMILES string of the molecule is C1=CN(c2cccc(Oc3cccc(-c4cc(-c5ccccc5)ccn4)c3)c2)CN1c1ccccc1. The largest absolute Gasteiger partial charge is 0.457 e. The van der Waals surface area contributed by atoms with Gasteiger partial charge in [-0.15, -0.1) is 0 Å². The lowest BCUT2D eigenvalue weighted by Gasteiger charge is -2.22. The molecule has 1 aromatic heterocycles. The van der Waals surface area contributed by atoms with Crippen LogP contribution < -0.4 is 14.5 Å². The van der Waals surface area contributed by atoms with E-state index < -0.39 is 0 Å². The summed E-state index contributed by atoms with van der Waals surface area (Å²) < 4.78 is 6.27. The van der Waals surface area contributed by atoms with Crippen LogP contribution in [0.15, 0.2) is 140 Å². The minimum absolute atomic E-state index is 0.756. The lowest BCUT2D eigenvalue weighted by Crippen LogP contribution is -2.24. The molecule has 1 aliphatic heterocycles. The molecule has 1 aliphatic rings. The van der Waals surface area contributed by atoms with Crippen molar-refractivity contribution in [2.24, 2.45) is 0 Å². The van der Waals surface area contributed by atoms with Gasteiger partial charge in [0.15, 0.2) is 0 Å². The first-order valence-corrected chi connectivity index (χ1v) is 12.0. The third-order valence-corrected chi connectivity index (χ3v) is 6.20. The van der Waals surface area contributed by atoms with Gasteiger partial charge >= 0.3 is 0 Å². The standard InChI is InChI=1S/C32H25N3O/c1-3-9-25(10-4-1)26-17-18-33-32(22-26)27-11-7-15-30(21-27)36-31-16-8-14-29(23-31)35-20-19-34(24-35)28-12-5-2-6-13-28/h1-23H,24H2. The van der Waals surface area contributed by atoms with Gasteiger partial charge in [0.05, 0.1) is 12.4 Å². The minimum atomic E-state index is 0.756. The number of hydrogen-bond acceptors (Lipinski definition) is 4. The number of anilines is 2. The number of para-hydroxylation sites is 1. The van der Waals surface area contributed by atoms with Gasteiger partial charge in [0.1, 0.15) is 11.5 Å². The van der Waals surface area contributed by atoms with E-state index in [1.54, 1.807) is 0 Å². The summed E-state index contributed by atoms with van der Waals surface area (Å²) in [6, 6.07) is 41.2. The van der Waals surface area contributed by atoms with E-state index in [0.717, 1.165) is 40.7 Å². The highest BCUT2D eigenvalue weighted by Gasteiger charge is 2.16. The van der Waals surface area contributed by atoms with Crippen LogP contribution in [0, 0.1) is 0 Å². The molecule has 0 aliphatic carbocycles. The number of benzene rings is 4. The second-order valence-electron chi connectivity index (χ2n) is 8.64.